The van der Waals surface area contributed by atoms with Crippen LogP contribution in [0, 0.1) is 11.8 Å². The van der Waals surface area contributed by atoms with Crippen molar-refractivity contribution in [3.63, 3.8) is 0 Å². The monoisotopic (exact) mass is 315 g/mol. The Hall–Kier alpha value is -1.66. The molecule has 0 bridgehead atoms. The fourth-order valence-corrected chi connectivity index (χ4v) is 3.96. The second-order valence-electron chi connectivity index (χ2n) is 7.08. The van der Waals surface area contributed by atoms with Crippen molar-refractivity contribution in [3.8, 4) is 0 Å². The number of fused-ring (bicyclic) bond motifs is 1. The fourth-order valence-electron chi connectivity index (χ4n) is 3.96. The average molecular weight is 315 g/mol. The Labute approximate surface area is 137 Å². The number of pyridine rings is 1. The molecule has 2 atom stereocenters. The first-order valence-corrected chi connectivity index (χ1v) is 8.60. The Morgan fingerprint density at radius 3 is 2.57 bits per heavy atom. The first kappa shape index (κ1) is 14.9. The van der Waals surface area contributed by atoms with Crippen molar-refractivity contribution in [2.45, 2.75) is 0 Å². The third-order valence-electron chi connectivity index (χ3n) is 5.50. The summed E-state index contributed by atoms with van der Waals surface area (Å²) < 4.78 is 0. The summed E-state index contributed by atoms with van der Waals surface area (Å²) in [6.07, 6.45) is 1.78. The molecule has 1 amide bonds. The highest BCUT2D eigenvalue weighted by molar-refractivity contribution is 5.95. The second kappa shape index (κ2) is 6.09. The molecule has 4 heterocycles. The minimum Gasteiger partial charge on any atom is -0.354 e. The van der Waals surface area contributed by atoms with Crippen LogP contribution in [0.4, 0.5) is 5.82 Å². The highest BCUT2D eigenvalue weighted by Crippen LogP contribution is 2.27. The minimum atomic E-state index is 0.164. The van der Waals surface area contributed by atoms with Gasteiger partial charge in [0.1, 0.15) is 5.82 Å². The molecule has 0 radical (unpaired) electrons. The standard InChI is InChI=1S/C17H25N5O/c1-20-4-6-21(7-5-20)16-8-13(2-3-19-16)17(23)22-11-14-9-18-10-15(14)12-22/h2-3,8,14-15,18H,4-7,9-12H2,1H3/t14-,15+. The van der Waals surface area contributed by atoms with Crippen LogP contribution in [0.5, 0.6) is 0 Å². The first-order valence-electron chi connectivity index (χ1n) is 8.60. The van der Waals surface area contributed by atoms with Gasteiger partial charge in [-0.15, -0.1) is 0 Å². The smallest absolute Gasteiger partial charge is 0.254 e. The van der Waals surface area contributed by atoms with Crippen LogP contribution < -0.4 is 10.2 Å². The number of amides is 1. The van der Waals surface area contributed by atoms with E-state index in [2.05, 4.69) is 27.1 Å². The second-order valence-corrected chi connectivity index (χ2v) is 7.08. The van der Waals surface area contributed by atoms with Crippen molar-refractivity contribution in [3.05, 3.63) is 23.9 Å². The number of anilines is 1. The van der Waals surface area contributed by atoms with Crippen LogP contribution in [-0.2, 0) is 0 Å². The van der Waals surface area contributed by atoms with Crippen LogP contribution in [0.1, 0.15) is 10.4 Å². The molecule has 1 N–H and O–H groups in total. The van der Waals surface area contributed by atoms with Crippen molar-refractivity contribution in [1.29, 1.82) is 0 Å². The fraction of sp³-hybridized carbons (Fsp3) is 0.647. The van der Waals surface area contributed by atoms with Gasteiger partial charge in [-0.3, -0.25) is 4.79 Å². The third-order valence-corrected chi connectivity index (χ3v) is 5.50. The van der Waals surface area contributed by atoms with E-state index < -0.39 is 0 Å². The number of carbonyl (C=O) groups is 1. The topological polar surface area (TPSA) is 51.7 Å². The molecule has 4 rings (SSSR count). The molecule has 1 aromatic rings. The van der Waals surface area contributed by atoms with E-state index in [1.807, 2.05) is 17.0 Å². The normalized spacial score (nSPS) is 28.2. The summed E-state index contributed by atoms with van der Waals surface area (Å²) in [5.74, 6) is 2.37. The predicted octanol–water partition coefficient (Wildman–Crippen LogP) is 0.125. The van der Waals surface area contributed by atoms with Gasteiger partial charge in [0.15, 0.2) is 0 Å². The lowest BCUT2D eigenvalue weighted by molar-refractivity contribution is 0.0781. The van der Waals surface area contributed by atoms with E-state index in [9.17, 15) is 4.79 Å². The van der Waals surface area contributed by atoms with Gasteiger partial charge in [0, 0.05) is 64.1 Å². The lowest BCUT2D eigenvalue weighted by atomic mass is 10.0. The Morgan fingerprint density at radius 2 is 1.87 bits per heavy atom. The van der Waals surface area contributed by atoms with Gasteiger partial charge in [0.05, 0.1) is 0 Å². The molecular formula is C17H25N5O. The van der Waals surface area contributed by atoms with Crippen LogP contribution in [0.2, 0.25) is 0 Å². The molecule has 1 aromatic heterocycles. The molecule has 0 spiro atoms. The van der Waals surface area contributed by atoms with E-state index in [-0.39, 0.29) is 5.91 Å². The van der Waals surface area contributed by atoms with Gasteiger partial charge in [-0.1, -0.05) is 0 Å². The Kier molecular flexibility index (Phi) is 3.95. The van der Waals surface area contributed by atoms with E-state index >= 15 is 0 Å². The maximum absolute atomic E-state index is 12.8. The molecule has 3 aliphatic heterocycles. The highest BCUT2D eigenvalue weighted by atomic mass is 16.2. The molecule has 124 valence electrons. The Balaban J connectivity index is 1.46. The molecule has 23 heavy (non-hydrogen) atoms. The number of hydrogen-bond acceptors (Lipinski definition) is 5. The number of carbonyl (C=O) groups excluding carboxylic acids is 1. The van der Waals surface area contributed by atoms with E-state index in [1.54, 1.807) is 6.20 Å². The first-order chi connectivity index (χ1) is 11.2. The van der Waals surface area contributed by atoms with Gasteiger partial charge in [-0.05, 0) is 31.0 Å². The zero-order valence-corrected chi connectivity index (χ0v) is 13.7. The van der Waals surface area contributed by atoms with E-state index in [1.165, 1.54) is 0 Å². The summed E-state index contributed by atoms with van der Waals surface area (Å²) in [7, 11) is 2.14. The van der Waals surface area contributed by atoms with Gasteiger partial charge >= 0.3 is 0 Å². The SMILES string of the molecule is CN1CCN(c2cc(C(=O)N3C[C@H]4CNC[C@H]4C3)ccn2)CC1. The molecule has 6 heteroatoms. The number of likely N-dealkylation sites (tertiary alicyclic amines) is 1. The number of rotatable bonds is 2. The summed E-state index contributed by atoms with van der Waals surface area (Å²) in [5.41, 5.74) is 0.780. The van der Waals surface area contributed by atoms with Crippen molar-refractivity contribution in [2.75, 3.05) is 64.3 Å². The average Bonchev–Trinajstić information content (AvgIpc) is 3.16. The summed E-state index contributed by atoms with van der Waals surface area (Å²) in [4.78, 5) is 23.9. The summed E-state index contributed by atoms with van der Waals surface area (Å²) >= 11 is 0. The summed E-state index contributed by atoms with van der Waals surface area (Å²) in [6, 6.07) is 3.83. The maximum atomic E-state index is 12.8. The lowest BCUT2D eigenvalue weighted by Crippen LogP contribution is -2.44. The molecule has 3 saturated heterocycles. The van der Waals surface area contributed by atoms with Gasteiger partial charge in [-0.25, -0.2) is 4.98 Å². The van der Waals surface area contributed by atoms with Crippen molar-refractivity contribution in [1.82, 2.24) is 20.1 Å². The molecule has 0 unspecified atom stereocenters. The highest BCUT2D eigenvalue weighted by Gasteiger charge is 2.38. The Morgan fingerprint density at radius 1 is 1.17 bits per heavy atom. The number of hydrogen-bond donors (Lipinski definition) is 1. The van der Waals surface area contributed by atoms with Gasteiger partial charge in [-0.2, -0.15) is 0 Å². The van der Waals surface area contributed by atoms with Crippen LogP contribution >= 0.6 is 0 Å². The lowest BCUT2D eigenvalue weighted by Gasteiger charge is -2.33. The number of nitrogens with zero attached hydrogens (tertiary/aromatic N) is 4. The van der Waals surface area contributed by atoms with E-state index in [0.29, 0.717) is 11.8 Å². The number of piperazine rings is 1. The number of likely N-dealkylation sites (N-methyl/N-ethyl adjacent to an activating group) is 1. The molecular weight excluding hydrogens is 290 g/mol. The predicted molar refractivity (Wildman–Crippen MR) is 89.7 cm³/mol. The molecule has 6 nitrogen and oxygen atoms in total. The third kappa shape index (κ3) is 2.93. The quantitative estimate of drug-likeness (QED) is 0.840. The van der Waals surface area contributed by atoms with Crippen LogP contribution in [-0.4, -0.2) is 80.1 Å². The van der Waals surface area contributed by atoms with E-state index in [0.717, 1.165) is 63.7 Å². The van der Waals surface area contributed by atoms with Crippen LogP contribution in [0.15, 0.2) is 18.3 Å². The van der Waals surface area contributed by atoms with Crippen LogP contribution in [0.3, 0.4) is 0 Å². The Bertz CT molecular complexity index is 572. The maximum Gasteiger partial charge on any atom is 0.254 e. The molecule has 3 aliphatic rings. The van der Waals surface area contributed by atoms with Gasteiger partial charge < -0.3 is 20.0 Å². The zero-order valence-electron chi connectivity index (χ0n) is 13.7. The number of aromatic nitrogens is 1. The summed E-state index contributed by atoms with van der Waals surface area (Å²) in [5, 5.41) is 3.42. The van der Waals surface area contributed by atoms with Crippen molar-refractivity contribution >= 4 is 11.7 Å². The van der Waals surface area contributed by atoms with Crippen molar-refractivity contribution in [2.24, 2.45) is 11.8 Å². The number of nitrogens with one attached hydrogen (secondary N) is 1. The summed E-state index contributed by atoms with van der Waals surface area (Å²) in [6.45, 7) is 7.92. The van der Waals surface area contributed by atoms with Crippen molar-refractivity contribution < 1.29 is 4.79 Å². The molecule has 0 aromatic carbocycles. The van der Waals surface area contributed by atoms with E-state index in [4.69, 9.17) is 0 Å². The molecule has 0 aliphatic carbocycles. The van der Waals surface area contributed by atoms with Crippen LogP contribution in [0.25, 0.3) is 0 Å². The molecule has 0 saturated carbocycles. The molecule has 3 fully saturated rings. The zero-order chi connectivity index (χ0) is 15.8. The van der Waals surface area contributed by atoms with Gasteiger partial charge in [0.2, 0.25) is 0 Å². The largest absolute Gasteiger partial charge is 0.354 e. The minimum absolute atomic E-state index is 0.164. The van der Waals surface area contributed by atoms with Gasteiger partial charge in [0.25, 0.3) is 5.91 Å².